The zero-order valence-electron chi connectivity index (χ0n) is 15.1. The average Bonchev–Trinajstić information content (AvgIpc) is 2.81. The molecule has 0 aromatic heterocycles. The van der Waals surface area contributed by atoms with E-state index in [-0.39, 0.29) is 23.9 Å². The summed E-state index contributed by atoms with van der Waals surface area (Å²) in [5.41, 5.74) is 1.40. The Balaban J connectivity index is 1.86. The molecule has 0 radical (unpaired) electrons. The molecule has 136 valence electrons. The van der Waals surface area contributed by atoms with Crippen LogP contribution in [0.5, 0.6) is 0 Å². The highest BCUT2D eigenvalue weighted by atomic mass is 16.4. The minimum Gasteiger partial charge on any atom is -0.481 e. The van der Waals surface area contributed by atoms with E-state index in [0.717, 1.165) is 51.4 Å². The number of ketones is 1. The van der Waals surface area contributed by atoms with E-state index in [1.165, 1.54) is 5.57 Å². The molecule has 0 spiro atoms. The van der Waals surface area contributed by atoms with Crippen LogP contribution in [-0.4, -0.2) is 28.1 Å². The third kappa shape index (κ3) is 5.44. The summed E-state index contributed by atoms with van der Waals surface area (Å²) in [4.78, 5) is 22.8. The lowest BCUT2D eigenvalue weighted by Gasteiger charge is -2.36. The maximum Gasteiger partial charge on any atom is 0.303 e. The highest BCUT2D eigenvalue weighted by molar-refractivity contribution is 5.84. The number of carboxylic acid groups (broad SMARTS) is 1. The molecule has 3 atom stereocenters. The van der Waals surface area contributed by atoms with Gasteiger partial charge in [0.25, 0.3) is 0 Å². The molecule has 0 aliphatic heterocycles. The average molecular weight is 336 g/mol. The molecule has 2 aliphatic carbocycles. The fourth-order valence-corrected chi connectivity index (χ4v) is 4.52. The summed E-state index contributed by atoms with van der Waals surface area (Å²) in [6.07, 6.45) is 9.79. The molecule has 1 saturated carbocycles. The van der Waals surface area contributed by atoms with Gasteiger partial charge in [0.2, 0.25) is 0 Å². The standard InChI is InChI=1S/C20H32O4/c1-20(2)12-14(11-15(21)13-20)16-9-10-18(22)17(16)7-5-3-4-6-8-19(23)24/h11,15-17,21H,3-10,12-13H2,1-2H3,(H,23,24)/t15?,16-,17-/m0/s1. The first-order valence-corrected chi connectivity index (χ1v) is 9.42. The number of rotatable bonds is 8. The molecule has 2 N–H and O–H groups in total. The predicted molar refractivity (Wildman–Crippen MR) is 93.7 cm³/mol. The monoisotopic (exact) mass is 336 g/mol. The van der Waals surface area contributed by atoms with Gasteiger partial charge in [-0.3, -0.25) is 9.59 Å². The maximum atomic E-state index is 12.3. The van der Waals surface area contributed by atoms with Crippen LogP contribution in [0.1, 0.15) is 78.1 Å². The first kappa shape index (κ1) is 19.2. The molecule has 2 rings (SSSR count). The van der Waals surface area contributed by atoms with Crippen LogP contribution in [0.4, 0.5) is 0 Å². The van der Waals surface area contributed by atoms with Crippen LogP contribution >= 0.6 is 0 Å². The minimum absolute atomic E-state index is 0.108. The van der Waals surface area contributed by atoms with Gasteiger partial charge in [0.15, 0.2) is 0 Å². The van der Waals surface area contributed by atoms with Crippen LogP contribution in [0.25, 0.3) is 0 Å². The molecule has 2 aliphatic rings. The topological polar surface area (TPSA) is 74.6 Å². The number of hydrogen-bond donors (Lipinski definition) is 2. The van der Waals surface area contributed by atoms with Crippen molar-refractivity contribution in [2.24, 2.45) is 17.3 Å². The highest BCUT2D eigenvalue weighted by Gasteiger charge is 2.39. The van der Waals surface area contributed by atoms with Crippen molar-refractivity contribution in [2.75, 3.05) is 0 Å². The Hall–Kier alpha value is -1.16. The molecule has 1 fully saturated rings. The van der Waals surface area contributed by atoms with E-state index >= 15 is 0 Å². The van der Waals surface area contributed by atoms with E-state index in [4.69, 9.17) is 5.11 Å². The van der Waals surface area contributed by atoms with E-state index in [1.807, 2.05) is 6.08 Å². The summed E-state index contributed by atoms with van der Waals surface area (Å²) in [5, 5.41) is 18.8. The fourth-order valence-electron chi connectivity index (χ4n) is 4.52. The Kier molecular flexibility index (Phi) is 6.62. The van der Waals surface area contributed by atoms with Crippen molar-refractivity contribution in [3.05, 3.63) is 11.6 Å². The van der Waals surface area contributed by atoms with Crippen LogP contribution in [-0.2, 0) is 9.59 Å². The summed E-state index contributed by atoms with van der Waals surface area (Å²) in [6.45, 7) is 4.38. The van der Waals surface area contributed by atoms with Gasteiger partial charge in [0.1, 0.15) is 5.78 Å². The number of aliphatic hydroxyl groups is 1. The van der Waals surface area contributed by atoms with Crippen LogP contribution in [0.3, 0.4) is 0 Å². The number of Topliss-reactive ketones (excluding diaryl/α,β-unsaturated/α-hetero) is 1. The van der Waals surface area contributed by atoms with Gasteiger partial charge < -0.3 is 10.2 Å². The van der Waals surface area contributed by atoms with Gasteiger partial charge in [-0.05, 0) is 43.4 Å². The van der Waals surface area contributed by atoms with Crippen LogP contribution < -0.4 is 0 Å². The fraction of sp³-hybridized carbons (Fsp3) is 0.800. The van der Waals surface area contributed by atoms with Gasteiger partial charge in [-0.2, -0.15) is 0 Å². The molecule has 0 aromatic carbocycles. The first-order chi connectivity index (χ1) is 11.3. The third-order valence-electron chi connectivity index (χ3n) is 5.58. The molecule has 0 saturated heterocycles. The van der Waals surface area contributed by atoms with Crippen molar-refractivity contribution in [2.45, 2.75) is 84.2 Å². The molecule has 24 heavy (non-hydrogen) atoms. The highest BCUT2D eigenvalue weighted by Crippen LogP contribution is 2.45. The van der Waals surface area contributed by atoms with Crippen molar-refractivity contribution in [1.82, 2.24) is 0 Å². The molecule has 4 nitrogen and oxygen atoms in total. The van der Waals surface area contributed by atoms with Crippen molar-refractivity contribution < 1.29 is 19.8 Å². The van der Waals surface area contributed by atoms with Gasteiger partial charge in [0.05, 0.1) is 6.10 Å². The lowest BCUT2D eigenvalue weighted by atomic mass is 9.70. The summed E-state index contributed by atoms with van der Waals surface area (Å²) < 4.78 is 0. The number of carbonyl (C=O) groups is 2. The number of aliphatic hydroxyl groups excluding tert-OH is 1. The van der Waals surface area contributed by atoms with Crippen molar-refractivity contribution in [3.8, 4) is 0 Å². The number of hydrogen-bond acceptors (Lipinski definition) is 3. The van der Waals surface area contributed by atoms with E-state index in [1.54, 1.807) is 0 Å². The van der Waals surface area contributed by atoms with E-state index in [0.29, 0.717) is 18.1 Å². The van der Waals surface area contributed by atoms with Crippen LogP contribution in [0.2, 0.25) is 0 Å². The van der Waals surface area contributed by atoms with Gasteiger partial charge in [-0.25, -0.2) is 0 Å². The Morgan fingerprint density at radius 2 is 1.96 bits per heavy atom. The van der Waals surface area contributed by atoms with Crippen molar-refractivity contribution >= 4 is 11.8 Å². The number of allylic oxidation sites excluding steroid dienone is 1. The lowest BCUT2D eigenvalue weighted by molar-refractivity contribution is -0.137. The Bertz CT molecular complexity index is 492. The van der Waals surface area contributed by atoms with E-state index < -0.39 is 5.97 Å². The van der Waals surface area contributed by atoms with E-state index in [9.17, 15) is 14.7 Å². The molecular weight excluding hydrogens is 304 g/mol. The Labute approximate surface area is 145 Å². The second-order valence-corrected chi connectivity index (χ2v) is 8.42. The number of aliphatic carboxylic acids is 1. The zero-order chi connectivity index (χ0) is 17.7. The second kappa shape index (κ2) is 8.28. The van der Waals surface area contributed by atoms with Crippen LogP contribution in [0.15, 0.2) is 11.6 Å². The first-order valence-electron chi connectivity index (χ1n) is 9.42. The van der Waals surface area contributed by atoms with Gasteiger partial charge in [-0.15, -0.1) is 0 Å². The number of carboxylic acids is 1. The minimum atomic E-state index is -0.730. The molecule has 0 bridgehead atoms. The molecular formula is C20H32O4. The van der Waals surface area contributed by atoms with Crippen molar-refractivity contribution in [3.63, 3.8) is 0 Å². The SMILES string of the molecule is CC1(C)CC([C@@H]2CCC(=O)[C@H]2CCCCCCC(=O)O)=CC(O)C1. The summed E-state index contributed by atoms with van der Waals surface area (Å²) >= 11 is 0. The van der Waals surface area contributed by atoms with E-state index in [2.05, 4.69) is 13.8 Å². The maximum absolute atomic E-state index is 12.3. The lowest BCUT2D eigenvalue weighted by Crippen LogP contribution is -2.29. The Morgan fingerprint density at radius 3 is 2.62 bits per heavy atom. The molecule has 0 heterocycles. The number of unbranched alkanes of at least 4 members (excludes halogenated alkanes) is 3. The predicted octanol–water partition coefficient (Wildman–Crippen LogP) is 4.11. The molecule has 0 aromatic rings. The molecule has 1 unspecified atom stereocenters. The van der Waals surface area contributed by atoms with Gasteiger partial charge in [-0.1, -0.05) is 44.8 Å². The third-order valence-corrected chi connectivity index (χ3v) is 5.58. The second-order valence-electron chi connectivity index (χ2n) is 8.42. The molecule has 0 amide bonds. The summed E-state index contributed by atoms with van der Waals surface area (Å²) in [7, 11) is 0. The largest absolute Gasteiger partial charge is 0.481 e. The Morgan fingerprint density at radius 1 is 1.25 bits per heavy atom. The quantitative estimate of drug-likeness (QED) is 0.516. The van der Waals surface area contributed by atoms with Crippen molar-refractivity contribution in [1.29, 1.82) is 0 Å². The molecule has 4 heteroatoms. The van der Waals surface area contributed by atoms with Gasteiger partial charge >= 0.3 is 5.97 Å². The number of carbonyl (C=O) groups excluding carboxylic acids is 1. The zero-order valence-corrected chi connectivity index (χ0v) is 15.1. The van der Waals surface area contributed by atoms with Gasteiger partial charge in [0, 0.05) is 18.8 Å². The summed E-state index contributed by atoms with van der Waals surface area (Å²) in [6, 6.07) is 0. The summed E-state index contributed by atoms with van der Waals surface area (Å²) in [5.74, 6) is 0.0679. The van der Waals surface area contributed by atoms with Crippen LogP contribution in [0, 0.1) is 17.3 Å². The smallest absolute Gasteiger partial charge is 0.303 e. The normalized spacial score (nSPS) is 29.5.